The third-order valence-corrected chi connectivity index (χ3v) is 5.54. The average molecular weight is 363 g/mol. The van der Waals surface area contributed by atoms with Crippen LogP contribution in [0, 0.1) is 0 Å². The number of hydrogen-bond donors (Lipinski definition) is 0. The number of allylic oxidation sites excluding steroid dienone is 4. The van der Waals surface area contributed by atoms with Crippen molar-refractivity contribution in [2.24, 2.45) is 0 Å². The van der Waals surface area contributed by atoms with Gasteiger partial charge in [0.05, 0.1) is 11.0 Å². The van der Waals surface area contributed by atoms with Gasteiger partial charge in [0.25, 0.3) is 0 Å². The van der Waals surface area contributed by atoms with Crippen LogP contribution in [0.25, 0.3) is 0 Å². The second-order valence-corrected chi connectivity index (χ2v) is 11.0. The van der Waals surface area contributed by atoms with Crippen molar-refractivity contribution in [1.29, 1.82) is 0 Å². The first-order valence-corrected chi connectivity index (χ1v) is 11.7. The van der Waals surface area contributed by atoms with Crippen molar-refractivity contribution in [2.75, 3.05) is 18.3 Å². The minimum absolute atomic E-state index is 0.0570. The molecule has 0 aromatic rings. The first kappa shape index (κ1) is 22.1. The SMILES string of the molecule is CC(C)=CCC/C(C)=C/C(CC(C)=CCS(C)(=O)=O)S(C)(=O)=O. The van der Waals surface area contributed by atoms with Crippen LogP contribution in [0.4, 0.5) is 0 Å². The van der Waals surface area contributed by atoms with E-state index < -0.39 is 24.9 Å². The van der Waals surface area contributed by atoms with Crippen LogP contribution >= 0.6 is 0 Å². The largest absolute Gasteiger partial charge is 0.229 e. The van der Waals surface area contributed by atoms with E-state index in [4.69, 9.17) is 0 Å². The predicted octanol–water partition coefficient (Wildman–Crippen LogP) is 3.47. The Morgan fingerprint density at radius 1 is 0.913 bits per heavy atom. The highest BCUT2D eigenvalue weighted by atomic mass is 32.2. The second kappa shape index (κ2) is 9.42. The zero-order valence-electron chi connectivity index (χ0n) is 15.1. The topological polar surface area (TPSA) is 68.3 Å². The molecule has 0 bridgehead atoms. The molecule has 4 nitrogen and oxygen atoms in total. The fraction of sp³-hybridized carbons (Fsp3) is 0.647. The van der Waals surface area contributed by atoms with Gasteiger partial charge in [-0.05, 0) is 47.0 Å². The molecule has 0 fully saturated rings. The summed E-state index contributed by atoms with van der Waals surface area (Å²) in [4.78, 5) is 0. The molecular formula is C17H30O4S2. The third kappa shape index (κ3) is 12.2. The summed E-state index contributed by atoms with van der Waals surface area (Å²) in [5.74, 6) is -0.0570. The molecule has 0 amide bonds. The minimum Gasteiger partial charge on any atom is -0.229 e. The van der Waals surface area contributed by atoms with Crippen molar-refractivity contribution in [3.8, 4) is 0 Å². The molecule has 0 saturated carbocycles. The van der Waals surface area contributed by atoms with Crippen LogP contribution in [0.15, 0.2) is 34.9 Å². The molecule has 0 radical (unpaired) electrons. The summed E-state index contributed by atoms with van der Waals surface area (Å²) in [7, 11) is -6.31. The fourth-order valence-electron chi connectivity index (χ4n) is 2.02. The van der Waals surface area contributed by atoms with Crippen molar-refractivity contribution in [1.82, 2.24) is 0 Å². The van der Waals surface area contributed by atoms with Gasteiger partial charge in [0.2, 0.25) is 0 Å². The van der Waals surface area contributed by atoms with E-state index in [-0.39, 0.29) is 5.75 Å². The smallest absolute Gasteiger partial charge is 0.154 e. The molecule has 0 saturated heterocycles. The summed E-state index contributed by atoms with van der Waals surface area (Å²) >= 11 is 0. The summed E-state index contributed by atoms with van der Waals surface area (Å²) in [5.41, 5.74) is 3.06. The summed E-state index contributed by atoms with van der Waals surface area (Å²) in [5, 5.41) is -0.606. The van der Waals surface area contributed by atoms with Gasteiger partial charge >= 0.3 is 0 Å². The Kier molecular flexibility index (Phi) is 9.06. The Balaban J connectivity index is 5.08. The molecule has 0 spiro atoms. The van der Waals surface area contributed by atoms with Crippen molar-refractivity contribution in [3.63, 3.8) is 0 Å². The first-order chi connectivity index (χ1) is 10.3. The van der Waals surface area contributed by atoms with Crippen molar-refractivity contribution in [2.45, 2.75) is 52.2 Å². The maximum absolute atomic E-state index is 12.0. The molecule has 0 aliphatic carbocycles. The zero-order valence-corrected chi connectivity index (χ0v) is 16.7. The van der Waals surface area contributed by atoms with Gasteiger partial charge in [-0.1, -0.05) is 34.9 Å². The molecule has 23 heavy (non-hydrogen) atoms. The standard InChI is InChI=1S/C17H30O4S2/c1-14(2)8-7-9-15(3)12-17(23(6,20)21)13-16(4)10-11-22(5,18)19/h8,10,12,17H,7,9,11,13H2,1-6H3/b15-12+,16-10?. The molecule has 0 heterocycles. The lowest BCUT2D eigenvalue weighted by Crippen LogP contribution is -2.18. The van der Waals surface area contributed by atoms with Crippen LogP contribution in [0.3, 0.4) is 0 Å². The normalized spacial score (nSPS) is 15.4. The lowest BCUT2D eigenvalue weighted by atomic mass is 10.1. The Labute approximate surface area is 142 Å². The van der Waals surface area contributed by atoms with Crippen LogP contribution in [-0.2, 0) is 19.7 Å². The van der Waals surface area contributed by atoms with Gasteiger partial charge in [-0.2, -0.15) is 0 Å². The molecular weight excluding hydrogens is 332 g/mol. The lowest BCUT2D eigenvalue weighted by molar-refractivity contribution is 0.593. The van der Waals surface area contributed by atoms with E-state index in [0.29, 0.717) is 6.42 Å². The highest BCUT2D eigenvalue weighted by molar-refractivity contribution is 7.91. The van der Waals surface area contributed by atoms with E-state index in [1.54, 1.807) is 19.1 Å². The maximum Gasteiger partial charge on any atom is 0.154 e. The Bertz CT molecular complexity index is 674. The van der Waals surface area contributed by atoms with Crippen LogP contribution in [0.1, 0.15) is 47.0 Å². The molecule has 0 aliphatic rings. The number of rotatable bonds is 9. The Hall–Kier alpha value is -0.880. The summed E-state index contributed by atoms with van der Waals surface area (Å²) in [6.45, 7) is 7.78. The summed E-state index contributed by atoms with van der Waals surface area (Å²) in [6, 6.07) is 0. The van der Waals surface area contributed by atoms with Gasteiger partial charge in [0.15, 0.2) is 19.7 Å². The molecule has 0 aliphatic heterocycles. The molecule has 0 aromatic heterocycles. The molecule has 0 N–H and O–H groups in total. The Morgan fingerprint density at radius 3 is 1.91 bits per heavy atom. The van der Waals surface area contributed by atoms with Crippen molar-refractivity contribution in [3.05, 3.63) is 34.9 Å². The monoisotopic (exact) mass is 362 g/mol. The molecule has 6 heteroatoms. The second-order valence-electron chi connectivity index (χ2n) is 6.55. The maximum atomic E-state index is 12.0. The van der Waals surface area contributed by atoms with E-state index >= 15 is 0 Å². The first-order valence-electron chi connectivity index (χ1n) is 7.64. The van der Waals surface area contributed by atoms with E-state index in [0.717, 1.165) is 30.2 Å². The fourth-order valence-corrected chi connectivity index (χ4v) is 3.65. The lowest BCUT2D eigenvalue weighted by Gasteiger charge is -2.13. The Morgan fingerprint density at radius 2 is 1.48 bits per heavy atom. The third-order valence-electron chi connectivity index (χ3n) is 3.37. The van der Waals surface area contributed by atoms with Crippen LogP contribution in [0.5, 0.6) is 0 Å². The highest BCUT2D eigenvalue weighted by Gasteiger charge is 2.19. The average Bonchev–Trinajstić information content (AvgIpc) is 2.33. The highest BCUT2D eigenvalue weighted by Crippen LogP contribution is 2.17. The molecule has 0 rings (SSSR count). The van der Waals surface area contributed by atoms with E-state index in [1.165, 1.54) is 11.8 Å². The molecule has 1 atom stereocenters. The predicted molar refractivity (Wildman–Crippen MR) is 99.1 cm³/mol. The molecule has 134 valence electrons. The van der Waals surface area contributed by atoms with Gasteiger partial charge < -0.3 is 0 Å². The van der Waals surface area contributed by atoms with Crippen molar-refractivity contribution >= 4 is 19.7 Å². The minimum atomic E-state index is -3.23. The quantitative estimate of drug-likeness (QED) is 0.589. The summed E-state index contributed by atoms with van der Waals surface area (Å²) < 4.78 is 46.3. The number of hydrogen-bond acceptors (Lipinski definition) is 4. The van der Waals surface area contributed by atoms with Gasteiger partial charge in [-0.25, -0.2) is 16.8 Å². The number of sulfone groups is 2. The molecule has 1 unspecified atom stereocenters. The zero-order chi connectivity index (χ0) is 18.3. The van der Waals surface area contributed by atoms with Gasteiger partial charge in [-0.15, -0.1) is 0 Å². The van der Waals surface area contributed by atoms with Gasteiger partial charge in [0, 0.05) is 12.5 Å². The summed E-state index contributed by atoms with van der Waals surface area (Å²) in [6.07, 6.45) is 9.96. The van der Waals surface area contributed by atoms with Crippen LogP contribution in [0.2, 0.25) is 0 Å². The van der Waals surface area contributed by atoms with E-state index in [1.807, 2.05) is 20.8 Å². The van der Waals surface area contributed by atoms with Crippen molar-refractivity contribution < 1.29 is 16.8 Å². The van der Waals surface area contributed by atoms with E-state index in [2.05, 4.69) is 6.08 Å². The molecule has 0 aromatic carbocycles. The van der Waals surface area contributed by atoms with Crippen LogP contribution < -0.4 is 0 Å². The van der Waals surface area contributed by atoms with Gasteiger partial charge in [-0.3, -0.25) is 0 Å². The van der Waals surface area contributed by atoms with E-state index in [9.17, 15) is 16.8 Å². The van der Waals surface area contributed by atoms with Gasteiger partial charge in [0.1, 0.15) is 0 Å². The van der Waals surface area contributed by atoms with Crippen LogP contribution in [-0.4, -0.2) is 40.3 Å².